The van der Waals surface area contributed by atoms with Gasteiger partial charge in [-0.2, -0.15) is 0 Å². The predicted octanol–water partition coefficient (Wildman–Crippen LogP) is 2.65. The first-order valence-electron chi connectivity index (χ1n) is 4.40. The fourth-order valence-corrected chi connectivity index (χ4v) is 1.72. The van der Waals surface area contributed by atoms with Gasteiger partial charge in [-0.15, -0.1) is 11.3 Å². The Morgan fingerprint density at radius 1 is 1.67 bits per heavy atom. The van der Waals surface area contributed by atoms with Crippen molar-refractivity contribution in [2.45, 2.75) is 13.0 Å². The second-order valence-corrected chi connectivity index (χ2v) is 3.86. The average molecular weight is 223 g/mol. The summed E-state index contributed by atoms with van der Waals surface area (Å²) < 4.78 is 9.98. The average Bonchev–Trinajstić information content (AvgIpc) is 2.91. The molecular weight excluding hydrogens is 214 g/mol. The zero-order valence-corrected chi connectivity index (χ0v) is 8.86. The quantitative estimate of drug-likeness (QED) is 0.750. The minimum absolute atomic E-state index is 0.326. The fraction of sp³-hybridized carbons (Fsp3) is 0.200. The summed E-state index contributed by atoms with van der Waals surface area (Å²) in [6.07, 6.45) is 4.15. The van der Waals surface area contributed by atoms with Crippen LogP contribution in [0.25, 0.3) is 0 Å². The van der Waals surface area contributed by atoms with Gasteiger partial charge in [0.1, 0.15) is 11.3 Å². The normalized spacial score (nSPS) is 12.3. The van der Waals surface area contributed by atoms with Gasteiger partial charge in [-0.3, -0.25) is 0 Å². The van der Waals surface area contributed by atoms with Crippen LogP contribution in [0.4, 0.5) is 0 Å². The number of ether oxygens (including phenoxy) is 1. The highest BCUT2D eigenvalue weighted by molar-refractivity contribution is 7.09. The number of hydrogen-bond donors (Lipinski definition) is 0. The number of nitrogens with zero attached hydrogens (tertiary/aromatic N) is 1. The molecule has 2 aromatic rings. The van der Waals surface area contributed by atoms with Crippen LogP contribution in [-0.2, 0) is 4.74 Å². The lowest BCUT2D eigenvalue weighted by Gasteiger charge is -2.08. The number of furan rings is 1. The molecule has 0 fully saturated rings. The zero-order chi connectivity index (χ0) is 10.7. The van der Waals surface area contributed by atoms with E-state index in [4.69, 9.17) is 9.15 Å². The van der Waals surface area contributed by atoms with Crippen LogP contribution in [0.1, 0.15) is 28.4 Å². The van der Waals surface area contributed by atoms with Crippen LogP contribution in [0.5, 0.6) is 0 Å². The first-order chi connectivity index (χ1) is 7.27. The Balaban J connectivity index is 2.01. The van der Waals surface area contributed by atoms with Crippen LogP contribution >= 0.6 is 11.3 Å². The third kappa shape index (κ3) is 2.24. The van der Waals surface area contributed by atoms with Crippen LogP contribution in [0, 0.1) is 0 Å². The van der Waals surface area contributed by atoms with E-state index in [1.807, 2.05) is 5.38 Å². The molecule has 2 heterocycles. The van der Waals surface area contributed by atoms with Crippen molar-refractivity contribution in [3.63, 3.8) is 0 Å². The molecule has 0 amide bonds. The van der Waals surface area contributed by atoms with Crippen molar-refractivity contribution in [1.29, 1.82) is 0 Å². The molecule has 0 aliphatic heterocycles. The number of thiazole rings is 1. The molecule has 0 aromatic carbocycles. The van der Waals surface area contributed by atoms with Crippen molar-refractivity contribution < 1.29 is 13.9 Å². The zero-order valence-electron chi connectivity index (χ0n) is 8.04. The van der Waals surface area contributed by atoms with Gasteiger partial charge in [0.15, 0.2) is 6.10 Å². The van der Waals surface area contributed by atoms with Crippen LogP contribution in [0.2, 0.25) is 0 Å². The van der Waals surface area contributed by atoms with Gasteiger partial charge >= 0.3 is 5.97 Å². The van der Waals surface area contributed by atoms with Crippen molar-refractivity contribution >= 4 is 17.3 Å². The summed E-state index contributed by atoms with van der Waals surface area (Å²) in [7, 11) is 0. The molecule has 15 heavy (non-hydrogen) atoms. The van der Waals surface area contributed by atoms with Gasteiger partial charge in [0.25, 0.3) is 0 Å². The van der Waals surface area contributed by atoms with Gasteiger partial charge in [-0.05, 0) is 13.0 Å². The van der Waals surface area contributed by atoms with E-state index < -0.39 is 5.97 Å². The Kier molecular flexibility index (Phi) is 2.82. The molecule has 1 atom stereocenters. The molecule has 78 valence electrons. The second kappa shape index (κ2) is 4.27. The van der Waals surface area contributed by atoms with E-state index in [-0.39, 0.29) is 6.10 Å². The minimum Gasteiger partial charge on any atom is -0.472 e. The molecule has 0 spiro atoms. The summed E-state index contributed by atoms with van der Waals surface area (Å²) in [5, 5.41) is 2.63. The molecule has 0 saturated carbocycles. The highest BCUT2D eigenvalue weighted by Crippen LogP contribution is 2.20. The van der Waals surface area contributed by atoms with E-state index in [9.17, 15) is 4.79 Å². The van der Waals surface area contributed by atoms with Gasteiger partial charge in [0.05, 0.1) is 11.8 Å². The van der Waals surface area contributed by atoms with Crippen LogP contribution in [0.15, 0.2) is 34.6 Å². The molecule has 0 aliphatic carbocycles. The van der Waals surface area contributed by atoms with Gasteiger partial charge < -0.3 is 9.15 Å². The Morgan fingerprint density at radius 2 is 2.53 bits per heavy atom. The number of carbonyl (C=O) groups is 1. The largest absolute Gasteiger partial charge is 0.472 e. The summed E-state index contributed by atoms with van der Waals surface area (Å²) in [5.41, 5.74) is 0.415. The standard InChI is InChI=1S/C10H9NO3S/c1-7(9-11-3-5-15-9)14-10(12)8-2-4-13-6-8/h2-7H,1H3. The molecule has 0 radical (unpaired) electrons. The van der Waals surface area contributed by atoms with Crippen molar-refractivity contribution in [2.24, 2.45) is 0 Å². The lowest BCUT2D eigenvalue weighted by atomic mass is 10.3. The minimum atomic E-state index is -0.397. The van der Waals surface area contributed by atoms with Gasteiger partial charge in [-0.25, -0.2) is 9.78 Å². The molecule has 5 heteroatoms. The van der Waals surface area contributed by atoms with Crippen molar-refractivity contribution in [3.05, 3.63) is 40.7 Å². The molecule has 0 bridgehead atoms. The SMILES string of the molecule is CC(OC(=O)c1ccoc1)c1nccs1. The van der Waals surface area contributed by atoms with Gasteiger partial charge in [0.2, 0.25) is 0 Å². The van der Waals surface area contributed by atoms with E-state index in [2.05, 4.69) is 4.98 Å². The number of carbonyl (C=O) groups excluding carboxylic acids is 1. The Morgan fingerprint density at radius 3 is 3.13 bits per heavy atom. The number of aromatic nitrogens is 1. The third-order valence-electron chi connectivity index (χ3n) is 1.84. The monoisotopic (exact) mass is 223 g/mol. The Bertz CT molecular complexity index is 421. The van der Waals surface area contributed by atoms with Crippen molar-refractivity contribution in [1.82, 2.24) is 4.98 Å². The summed E-state index contributed by atoms with van der Waals surface area (Å²) in [6, 6.07) is 1.57. The summed E-state index contributed by atoms with van der Waals surface area (Å²) >= 11 is 1.46. The summed E-state index contributed by atoms with van der Waals surface area (Å²) in [5.74, 6) is -0.397. The van der Waals surface area contributed by atoms with Gasteiger partial charge in [0, 0.05) is 11.6 Å². The molecule has 0 aliphatic rings. The third-order valence-corrected chi connectivity index (χ3v) is 2.78. The molecule has 2 aromatic heterocycles. The van der Waals surface area contributed by atoms with E-state index >= 15 is 0 Å². The molecule has 4 nitrogen and oxygen atoms in total. The number of esters is 1. The number of rotatable bonds is 3. The summed E-state index contributed by atoms with van der Waals surface area (Å²) in [6.45, 7) is 1.79. The lowest BCUT2D eigenvalue weighted by molar-refractivity contribution is 0.0336. The van der Waals surface area contributed by atoms with E-state index in [1.54, 1.807) is 19.2 Å². The molecular formula is C10H9NO3S. The number of hydrogen-bond acceptors (Lipinski definition) is 5. The first-order valence-corrected chi connectivity index (χ1v) is 5.28. The second-order valence-electron chi connectivity index (χ2n) is 2.93. The van der Waals surface area contributed by atoms with Crippen LogP contribution in [-0.4, -0.2) is 11.0 Å². The predicted molar refractivity (Wildman–Crippen MR) is 54.7 cm³/mol. The first kappa shape index (κ1) is 9.92. The van der Waals surface area contributed by atoms with E-state index in [0.29, 0.717) is 5.56 Å². The molecule has 0 saturated heterocycles. The highest BCUT2D eigenvalue weighted by Gasteiger charge is 2.15. The van der Waals surface area contributed by atoms with Crippen LogP contribution in [0.3, 0.4) is 0 Å². The van der Waals surface area contributed by atoms with Gasteiger partial charge in [-0.1, -0.05) is 0 Å². The topological polar surface area (TPSA) is 52.3 Å². The van der Waals surface area contributed by atoms with E-state index in [1.165, 1.54) is 23.9 Å². The molecule has 1 unspecified atom stereocenters. The highest BCUT2D eigenvalue weighted by atomic mass is 32.1. The van der Waals surface area contributed by atoms with Crippen molar-refractivity contribution in [3.8, 4) is 0 Å². The van der Waals surface area contributed by atoms with E-state index in [0.717, 1.165) is 5.01 Å². The summed E-state index contributed by atoms with van der Waals surface area (Å²) in [4.78, 5) is 15.6. The maximum absolute atomic E-state index is 11.5. The Labute approximate surface area is 90.5 Å². The van der Waals surface area contributed by atoms with Crippen LogP contribution < -0.4 is 0 Å². The van der Waals surface area contributed by atoms with Crippen molar-refractivity contribution in [2.75, 3.05) is 0 Å². The molecule has 2 rings (SSSR count). The smallest absolute Gasteiger partial charge is 0.342 e. The molecule has 0 N–H and O–H groups in total. The Hall–Kier alpha value is -1.62. The lowest BCUT2D eigenvalue weighted by Crippen LogP contribution is -2.07. The maximum atomic E-state index is 11.5. The maximum Gasteiger partial charge on any atom is 0.342 e. The fourth-order valence-electron chi connectivity index (χ4n) is 1.09.